The SMILES string of the molecule is CCN(C(C)CN(C)C)S(=O)(=O)CCNC(C)C. The maximum atomic E-state index is 12.2. The van der Waals surface area contributed by atoms with E-state index in [0.29, 0.717) is 19.1 Å². The Hall–Kier alpha value is -0.170. The third kappa shape index (κ3) is 6.68. The van der Waals surface area contributed by atoms with E-state index in [0.717, 1.165) is 6.54 Å². The minimum absolute atomic E-state index is 0.00838. The molecule has 0 aromatic rings. The zero-order valence-corrected chi connectivity index (χ0v) is 13.4. The van der Waals surface area contributed by atoms with Crippen LogP contribution in [0.15, 0.2) is 0 Å². The molecule has 0 amide bonds. The van der Waals surface area contributed by atoms with Crippen molar-refractivity contribution >= 4 is 10.0 Å². The molecule has 0 rings (SSSR count). The molecule has 6 heteroatoms. The van der Waals surface area contributed by atoms with E-state index >= 15 is 0 Å². The van der Waals surface area contributed by atoms with Crippen molar-refractivity contribution in [3.63, 3.8) is 0 Å². The van der Waals surface area contributed by atoms with E-state index in [-0.39, 0.29) is 11.8 Å². The van der Waals surface area contributed by atoms with Crippen LogP contribution < -0.4 is 5.32 Å². The van der Waals surface area contributed by atoms with Crippen molar-refractivity contribution in [2.45, 2.75) is 39.8 Å². The van der Waals surface area contributed by atoms with E-state index < -0.39 is 10.0 Å². The van der Waals surface area contributed by atoms with Gasteiger partial charge in [-0.15, -0.1) is 0 Å². The summed E-state index contributed by atoms with van der Waals surface area (Å²) in [4.78, 5) is 2.01. The largest absolute Gasteiger partial charge is 0.313 e. The second-order valence-electron chi connectivity index (χ2n) is 5.24. The lowest BCUT2D eigenvalue weighted by Gasteiger charge is -2.29. The Bertz CT molecular complexity index is 315. The molecule has 0 aliphatic carbocycles. The molecule has 0 bridgehead atoms. The van der Waals surface area contributed by atoms with Crippen LogP contribution in [0, 0.1) is 0 Å². The molecule has 0 radical (unpaired) electrons. The lowest BCUT2D eigenvalue weighted by molar-refractivity contribution is 0.271. The molecule has 0 aliphatic rings. The van der Waals surface area contributed by atoms with Gasteiger partial charge in [0, 0.05) is 31.7 Å². The summed E-state index contributed by atoms with van der Waals surface area (Å²) < 4.78 is 26.1. The zero-order chi connectivity index (χ0) is 14.3. The molecule has 1 unspecified atom stereocenters. The third-order valence-electron chi connectivity index (χ3n) is 2.70. The summed E-state index contributed by atoms with van der Waals surface area (Å²) >= 11 is 0. The smallest absolute Gasteiger partial charge is 0.215 e. The van der Waals surface area contributed by atoms with Crippen molar-refractivity contribution in [1.82, 2.24) is 14.5 Å². The van der Waals surface area contributed by atoms with Crippen LogP contribution in [0.25, 0.3) is 0 Å². The van der Waals surface area contributed by atoms with Gasteiger partial charge in [0.2, 0.25) is 10.0 Å². The Kier molecular flexibility index (Phi) is 8.02. The molecule has 1 atom stereocenters. The summed E-state index contributed by atoms with van der Waals surface area (Å²) in [6.45, 7) is 9.64. The van der Waals surface area contributed by atoms with Crippen LogP contribution in [-0.2, 0) is 10.0 Å². The third-order valence-corrected chi connectivity index (χ3v) is 4.76. The van der Waals surface area contributed by atoms with Crippen LogP contribution in [0.1, 0.15) is 27.7 Å². The molecule has 5 nitrogen and oxygen atoms in total. The number of likely N-dealkylation sites (N-methyl/N-ethyl adjacent to an activating group) is 2. The summed E-state index contributed by atoms with van der Waals surface area (Å²) in [6, 6.07) is 0.323. The van der Waals surface area contributed by atoms with E-state index in [1.165, 1.54) is 0 Å². The van der Waals surface area contributed by atoms with E-state index in [2.05, 4.69) is 5.32 Å². The predicted octanol–water partition coefficient (Wildman–Crippen LogP) is 0.586. The van der Waals surface area contributed by atoms with Gasteiger partial charge in [-0.05, 0) is 21.0 Å². The maximum Gasteiger partial charge on any atom is 0.215 e. The highest BCUT2D eigenvalue weighted by atomic mass is 32.2. The van der Waals surface area contributed by atoms with Crippen molar-refractivity contribution in [3.8, 4) is 0 Å². The highest BCUT2D eigenvalue weighted by molar-refractivity contribution is 7.89. The van der Waals surface area contributed by atoms with E-state index in [1.807, 2.05) is 46.7 Å². The maximum absolute atomic E-state index is 12.2. The monoisotopic (exact) mass is 279 g/mol. The Morgan fingerprint density at radius 3 is 2.11 bits per heavy atom. The lowest BCUT2D eigenvalue weighted by atomic mass is 10.3. The van der Waals surface area contributed by atoms with Crippen LogP contribution >= 0.6 is 0 Å². The molecule has 0 saturated carbocycles. The van der Waals surface area contributed by atoms with Gasteiger partial charge in [-0.3, -0.25) is 0 Å². The predicted molar refractivity (Wildman–Crippen MR) is 77.3 cm³/mol. The van der Waals surface area contributed by atoms with Crippen LogP contribution in [0.5, 0.6) is 0 Å². The minimum atomic E-state index is -3.17. The molecule has 0 aliphatic heterocycles. The minimum Gasteiger partial charge on any atom is -0.313 e. The molecule has 1 N–H and O–H groups in total. The Morgan fingerprint density at radius 2 is 1.72 bits per heavy atom. The molecule has 0 spiro atoms. The average molecular weight is 279 g/mol. The first-order valence-electron chi connectivity index (χ1n) is 6.58. The van der Waals surface area contributed by atoms with Gasteiger partial charge in [0.05, 0.1) is 5.75 Å². The number of nitrogens with one attached hydrogen (secondary N) is 1. The molecular weight excluding hydrogens is 250 g/mol. The Morgan fingerprint density at radius 1 is 1.17 bits per heavy atom. The summed E-state index contributed by atoms with van der Waals surface area (Å²) in [6.07, 6.45) is 0. The number of nitrogens with zero attached hydrogens (tertiary/aromatic N) is 2. The fourth-order valence-corrected chi connectivity index (χ4v) is 3.61. The van der Waals surface area contributed by atoms with Crippen molar-refractivity contribution in [1.29, 1.82) is 0 Å². The molecule has 110 valence electrons. The summed E-state index contributed by atoms with van der Waals surface area (Å²) in [7, 11) is 0.742. The number of sulfonamides is 1. The van der Waals surface area contributed by atoms with Gasteiger partial charge in [-0.1, -0.05) is 20.8 Å². The van der Waals surface area contributed by atoms with Crippen LogP contribution in [0.3, 0.4) is 0 Å². The standard InChI is InChI=1S/C12H29N3O2S/c1-7-15(12(4)10-14(5)6)18(16,17)9-8-13-11(2)3/h11-13H,7-10H2,1-6H3. The molecule has 0 saturated heterocycles. The highest BCUT2D eigenvalue weighted by Crippen LogP contribution is 2.08. The summed E-state index contributed by atoms with van der Waals surface area (Å²) in [5.74, 6) is 0.163. The van der Waals surface area contributed by atoms with Crippen molar-refractivity contribution < 1.29 is 8.42 Å². The molecule has 18 heavy (non-hydrogen) atoms. The van der Waals surface area contributed by atoms with Gasteiger partial charge in [0.25, 0.3) is 0 Å². The van der Waals surface area contributed by atoms with Crippen LogP contribution in [0.2, 0.25) is 0 Å². The number of hydrogen-bond donors (Lipinski definition) is 1. The molecule has 0 aromatic carbocycles. The zero-order valence-electron chi connectivity index (χ0n) is 12.6. The second-order valence-corrected chi connectivity index (χ2v) is 7.28. The second kappa shape index (κ2) is 8.09. The first-order chi connectivity index (χ1) is 8.20. The molecule has 0 aromatic heterocycles. The van der Waals surface area contributed by atoms with Gasteiger partial charge in [0.15, 0.2) is 0 Å². The van der Waals surface area contributed by atoms with E-state index in [9.17, 15) is 8.42 Å². The normalized spacial score (nSPS) is 14.7. The van der Waals surface area contributed by atoms with Gasteiger partial charge < -0.3 is 10.2 Å². The first-order valence-corrected chi connectivity index (χ1v) is 8.19. The van der Waals surface area contributed by atoms with Gasteiger partial charge in [-0.25, -0.2) is 8.42 Å². The number of rotatable bonds is 9. The van der Waals surface area contributed by atoms with Gasteiger partial charge >= 0.3 is 0 Å². The van der Waals surface area contributed by atoms with Gasteiger partial charge in [0.1, 0.15) is 0 Å². The van der Waals surface area contributed by atoms with Crippen LogP contribution in [0.4, 0.5) is 0 Å². The first kappa shape index (κ1) is 17.8. The van der Waals surface area contributed by atoms with Crippen LogP contribution in [-0.4, -0.2) is 69.2 Å². The lowest BCUT2D eigenvalue weighted by Crippen LogP contribution is -2.46. The number of hydrogen-bond acceptors (Lipinski definition) is 4. The van der Waals surface area contributed by atoms with Crippen molar-refractivity contribution in [2.75, 3.05) is 39.5 Å². The Labute approximate surface area is 113 Å². The van der Waals surface area contributed by atoms with Crippen molar-refractivity contribution in [2.24, 2.45) is 0 Å². The van der Waals surface area contributed by atoms with E-state index in [4.69, 9.17) is 0 Å². The molecule has 0 fully saturated rings. The van der Waals surface area contributed by atoms with Gasteiger partial charge in [-0.2, -0.15) is 4.31 Å². The summed E-state index contributed by atoms with van der Waals surface area (Å²) in [5.41, 5.74) is 0. The average Bonchev–Trinajstić information content (AvgIpc) is 2.15. The molecular formula is C12H29N3O2S. The summed E-state index contributed by atoms with van der Waals surface area (Å²) in [5, 5.41) is 3.14. The van der Waals surface area contributed by atoms with Crippen molar-refractivity contribution in [3.05, 3.63) is 0 Å². The topological polar surface area (TPSA) is 52.7 Å². The quantitative estimate of drug-likeness (QED) is 0.671. The highest BCUT2D eigenvalue weighted by Gasteiger charge is 2.25. The molecule has 0 heterocycles. The fraction of sp³-hybridized carbons (Fsp3) is 1.00. The fourth-order valence-electron chi connectivity index (χ4n) is 2.00. The Balaban J connectivity index is 4.51. The van der Waals surface area contributed by atoms with E-state index in [1.54, 1.807) is 4.31 Å².